The fraction of sp³-hybridized carbons (Fsp3) is 0.0625. The lowest BCUT2D eigenvalue weighted by Gasteiger charge is -2.03. The monoisotopic (exact) mass is 327 g/mol. The lowest BCUT2D eigenvalue weighted by Crippen LogP contribution is -1.95. The number of halogens is 1. The number of nitrogens with two attached hydrogens (primary N) is 1. The molecule has 0 saturated heterocycles. The van der Waals surface area contributed by atoms with Gasteiger partial charge in [-0.05, 0) is 41.1 Å². The van der Waals surface area contributed by atoms with Crippen LogP contribution in [0.25, 0.3) is 16.9 Å². The normalized spacial score (nSPS) is 10.7. The van der Waals surface area contributed by atoms with E-state index in [4.69, 9.17) is 5.73 Å². The molecule has 0 aliphatic heterocycles. The average molecular weight is 328 g/mol. The van der Waals surface area contributed by atoms with Gasteiger partial charge in [-0.25, -0.2) is 4.68 Å². The van der Waals surface area contributed by atoms with Gasteiger partial charge >= 0.3 is 0 Å². The van der Waals surface area contributed by atoms with Crippen LogP contribution in [0.1, 0.15) is 5.56 Å². The molecule has 0 aliphatic rings. The minimum absolute atomic E-state index is 0.673. The van der Waals surface area contributed by atoms with Gasteiger partial charge in [0, 0.05) is 10.0 Å². The lowest BCUT2D eigenvalue weighted by atomic mass is 10.1. The van der Waals surface area contributed by atoms with Crippen LogP contribution in [0.2, 0.25) is 0 Å². The average Bonchev–Trinajstić information content (AvgIpc) is 2.81. The van der Waals surface area contributed by atoms with Gasteiger partial charge in [-0.2, -0.15) is 5.10 Å². The predicted molar refractivity (Wildman–Crippen MR) is 85.8 cm³/mol. The van der Waals surface area contributed by atoms with Crippen molar-refractivity contribution in [2.45, 2.75) is 6.92 Å². The van der Waals surface area contributed by atoms with E-state index in [-0.39, 0.29) is 0 Å². The van der Waals surface area contributed by atoms with E-state index in [1.165, 1.54) is 5.56 Å². The van der Waals surface area contributed by atoms with E-state index < -0.39 is 0 Å². The Morgan fingerprint density at radius 2 is 1.90 bits per heavy atom. The zero-order valence-electron chi connectivity index (χ0n) is 11.0. The summed E-state index contributed by atoms with van der Waals surface area (Å²) in [5.74, 6) is 0. The van der Waals surface area contributed by atoms with E-state index in [9.17, 15) is 0 Å². The second-order valence-corrected chi connectivity index (χ2v) is 5.55. The van der Waals surface area contributed by atoms with Crippen LogP contribution in [0, 0.1) is 6.92 Å². The molecule has 0 saturated carbocycles. The van der Waals surface area contributed by atoms with Crippen molar-refractivity contribution in [3.63, 3.8) is 0 Å². The summed E-state index contributed by atoms with van der Waals surface area (Å²) in [4.78, 5) is 0. The molecule has 2 aromatic carbocycles. The van der Waals surface area contributed by atoms with Gasteiger partial charge in [0.25, 0.3) is 0 Å². The highest BCUT2D eigenvalue weighted by Gasteiger charge is 2.11. The number of aromatic nitrogens is 2. The third kappa shape index (κ3) is 2.34. The molecule has 0 atom stereocenters. The molecule has 0 fully saturated rings. The minimum atomic E-state index is 0.673. The number of hydrogen-bond donors (Lipinski definition) is 1. The first-order chi connectivity index (χ1) is 9.65. The summed E-state index contributed by atoms with van der Waals surface area (Å²) in [6, 6.07) is 16.1. The molecule has 3 rings (SSSR count). The summed E-state index contributed by atoms with van der Waals surface area (Å²) in [6.07, 6.45) is 1.84. The summed E-state index contributed by atoms with van der Waals surface area (Å²) in [7, 11) is 0. The van der Waals surface area contributed by atoms with Crippen LogP contribution >= 0.6 is 15.9 Å². The Hall–Kier alpha value is -2.07. The Morgan fingerprint density at radius 1 is 1.10 bits per heavy atom. The van der Waals surface area contributed by atoms with Gasteiger partial charge in [-0.15, -0.1) is 0 Å². The van der Waals surface area contributed by atoms with Gasteiger partial charge in [0.15, 0.2) is 0 Å². The smallest absolute Gasteiger partial charge is 0.116 e. The quantitative estimate of drug-likeness (QED) is 0.766. The number of hydrogen-bond acceptors (Lipinski definition) is 2. The standard InChI is InChI=1S/C16H14BrN3/c1-11-5-4-6-12(9-11)16-14(18)10-20(19-16)15-8-3-2-7-13(15)17/h2-10H,18H2,1H3. The van der Waals surface area contributed by atoms with Gasteiger partial charge in [-0.3, -0.25) is 0 Å². The zero-order chi connectivity index (χ0) is 14.1. The molecule has 4 heteroatoms. The largest absolute Gasteiger partial charge is 0.396 e. The molecule has 0 amide bonds. The first-order valence-corrected chi connectivity index (χ1v) is 7.11. The molecule has 0 spiro atoms. The van der Waals surface area contributed by atoms with Gasteiger partial charge < -0.3 is 5.73 Å². The number of nitrogen functional groups attached to an aromatic ring is 1. The second kappa shape index (κ2) is 5.13. The summed E-state index contributed by atoms with van der Waals surface area (Å²) in [5.41, 5.74) is 10.8. The molecule has 20 heavy (non-hydrogen) atoms. The Labute approximate surface area is 126 Å². The maximum atomic E-state index is 6.11. The summed E-state index contributed by atoms with van der Waals surface area (Å²) >= 11 is 3.53. The van der Waals surface area contributed by atoms with Crippen LogP contribution in [0.5, 0.6) is 0 Å². The third-order valence-corrected chi connectivity index (χ3v) is 3.80. The van der Waals surface area contributed by atoms with Crippen LogP contribution in [0.15, 0.2) is 59.2 Å². The molecule has 3 aromatic rings. The van der Waals surface area contributed by atoms with Crippen molar-refractivity contribution < 1.29 is 0 Å². The highest BCUT2D eigenvalue weighted by atomic mass is 79.9. The first-order valence-electron chi connectivity index (χ1n) is 6.32. The number of nitrogens with zero attached hydrogens (tertiary/aromatic N) is 2. The number of aryl methyl sites for hydroxylation is 1. The molecule has 0 unspecified atom stereocenters. The van der Waals surface area contributed by atoms with E-state index >= 15 is 0 Å². The van der Waals surface area contributed by atoms with Crippen molar-refractivity contribution in [3.8, 4) is 16.9 Å². The van der Waals surface area contributed by atoms with Crippen molar-refractivity contribution in [3.05, 3.63) is 64.8 Å². The van der Waals surface area contributed by atoms with Crippen LogP contribution in [-0.4, -0.2) is 9.78 Å². The molecule has 100 valence electrons. The van der Waals surface area contributed by atoms with Gasteiger partial charge in [-0.1, -0.05) is 35.9 Å². The van der Waals surface area contributed by atoms with Crippen molar-refractivity contribution in [1.29, 1.82) is 0 Å². The first kappa shape index (κ1) is 12.9. The third-order valence-electron chi connectivity index (χ3n) is 3.13. The van der Waals surface area contributed by atoms with Crippen molar-refractivity contribution >= 4 is 21.6 Å². The van der Waals surface area contributed by atoms with Crippen LogP contribution in [0.3, 0.4) is 0 Å². The lowest BCUT2D eigenvalue weighted by molar-refractivity contribution is 0.880. The zero-order valence-corrected chi connectivity index (χ0v) is 12.6. The maximum absolute atomic E-state index is 6.11. The van der Waals surface area contributed by atoms with Gasteiger partial charge in [0.1, 0.15) is 5.69 Å². The molecule has 0 aliphatic carbocycles. The topological polar surface area (TPSA) is 43.8 Å². The van der Waals surface area contributed by atoms with Crippen molar-refractivity contribution in [2.75, 3.05) is 5.73 Å². The minimum Gasteiger partial charge on any atom is -0.396 e. The van der Waals surface area contributed by atoms with Gasteiger partial charge in [0.05, 0.1) is 17.6 Å². The van der Waals surface area contributed by atoms with Crippen LogP contribution in [0.4, 0.5) is 5.69 Å². The molecular formula is C16H14BrN3. The van der Waals surface area contributed by atoms with Gasteiger partial charge in [0.2, 0.25) is 0 Å². The Morgan fingerprint density at radius 3 is 2.65 bits per heavy atom. The fourth-order valence-corrected chi connectivity index (χ4v) is 2.63. The summed E-state index contributed by atoms with van der Waals surface area (Å²) in [6.45, 7) is 2.06. The highest BCUT2D eigenvalue weighted by Crippen LogP contribution is 2.28. The number of benzene rings is 2. The fourth-order valence-electron chi connectivity index (χ4n) is 2.16. The Balaban J connectivity index is 2.10. The van der Waals surface area contributed by atoms with E-state index in [1.807, 2.05) is 42.6 Å². The number of rotatable bonds is 2. The van der Waals surface area contributed by atoms with Crippen molar-refractivity contribution in [1.82, 2.24) is 9.78 Å². The van der Waals surface area contributed by atoms with E-state index in [0.717, 1.165) is 21.4 Å². The molecule has 1 heterocycles. The number of para-hydroxylation sites is 1. The predicted octanol–water partition coefficient (Wildman–Crippen LogP) is 4.19. The molecular weight excluding hydrogens is 314 g/mol. The highest BCUT2D eigenvalue weighted by molar-refractivity contribution is 9.10. The second-order valence-electron chi connectivity index (χ2n) is 4.70. The molecule has 1 aromatic heterocycles. The SMILES string of the molecule is Cc1cccc(-c2nn(-c3ccccc3Br)cc2N)c1. The van der Waals surface area contributed by atoms with E-state index in [2.05, 4.69) is 40.1 Å². The van der Waals surface area contributed by atoms with Crippen molar-refractivity contribution in [2.24, 2.45) is 0 Å². The number of anilines is 1. The Kier molecular flexibility index (Phi) is 3.32. The molecule has 0 radical (unpaired) electrons. The maximum Gasteiger partial charge on any atom is 0.116 e. The van der Waals surface area contributed by atoms with Crippen LogP contribution in [-0.2, 0) is 0 Å². The summed E-state index contributed by atoms with van der Waals surface area (Å²) < 4.78 is 2.79. The summed E-state index contributed by atoms with van der Waals surface area (Å²) in [5, 5.41) is 4.61. The molecule has 2 N–H and O–H groups in total. The molecule has 3 nitrogen and oxygen atoms in total. The molecule has 0 bridgehead atoms. The van der Waals surface area contributed by atoms with Crippen LogP contribution < -0.4 is 5.73 Å². The van der Waals surface area contributed by atoms with E-state index in [0.29, 0.717) is 5.69 Å². The Bertz CT molecular complexity index is 762. The van der Waals surface area contributed by atoms with E-state index in [1.54, 1.807) is 4.68 Å².